The zero-order valence-corrected chi connectivity index (χ0v) is 18.1. The number of amides is 1. The van der Waals surface area contributed by atoms with Crippen molar-refractivity contribution >= 4 is 15.9 Å². The molecule has 1 amide bonds. The van der Waals surface area contributed by atoms with Crippen molar-refractivity contribution in [3.63, 3.8) is 0 Å². The van der Waals surface area contributed by atoms with Gasteiger partial charge in [-0.1, -0.05) is 18.2 Å². The van der Waals surface area contributed by atoms with Gasteiger partial charge < -0.3 is 19.5 Å². The number of methoxy groups -OCH3 is 2. The first kappa shape index (κ1) is 22.1. The monoisotopic (exact) mass is 434 g/mol. The first-order valence-corrected chi connectivity index (χ1v) is 11.0. The highest BCUT2D eigenvalue weighted by atomic mass is 32.2. The van der Waals surface area contributed by atoms with Gasteiger partial charge in [0.2, 0.25) is 10.0 Å². The summed E-state index contributed by atoms with van der Waals surface area (Å²) in [6.07, 6.45) is 0. The molecule has 1 saturated heterocycles. The predicted octanol–water partition coefficient (Wildman–Crippen LogP) is 2.22. The van der Waals surface area contributed by atoms with Gasteiger partial charge in [0.05, 0.1) is 33.5 Å². The summed E-state index contributed by atoms with van der Waals surface area (Å²) in [4.78, 5) is 12.8. The highest BCUT2D eigenvalue weighted by Gasteiger charge is 2.30. The SMILES string of the molecule is COc1ccccc1[C@@H](C)NC(=O)c1ccc(OC)c(S(=O)(=O)N2CCOCC2)c1. The van der Waals surface area contributed by atoms with E-state index in [9.17, 15) is 13.2 Å². The molecule has 0 radical (unpaired) electrons. The van der Waals surface area contributed by atoms with Gasteiger partial charge in [-0.2, -0.15) is 4.31 Å². The number of para-hydroxylation sites is 1. The molecule has 1 aliphatic heterocycles. The minimum Gasteiger partial charge on any atom is -0.496 e. The van der Waals surface area contributed by atoms with Gasteiger partial charge >= 0.3 is 0 Å². The fourth-order valence-electron chi connectivity index (χ4n) is 3.33. The van der Waals surface area contributed by atoms with Gasteiger partial charge in [-0.3, -0.25) is 4.79 Å². The number of nitrogens with zero attached hydrogens (tertiary/aromatic N) is 1. The zero-order valence-electron chi connectivity index (χ0n) is 17.3. The summed E-state index contributed by atoms with van der Waals surface area (Å²) in [5.74, 6) is 0.459. The third-order valence-electron chi connectivity index (χ3n) is 4.97. The minimum absolute atomic E-state index is 0.0375. The van der Waals surface area contributed by atoms with Gasteiger partial charge in [0.15, 0.2) is 0 Å². The lowest BCUT2D eigenvalue weighted by atomic mass is 10.1. The molecule has 0 bridgehead atoms. The van der Waals surface area contributed by atoms with Crippen LogP contribution in [-0.4, -0.2) is 59.2 Å². The summed E-state index contributed by atoms with van der Waals surface area (Å²) in [5, 5.41) is 2.89. The van der Waals surface area contributed by atoms with Gasteiger partial charge in [-0.05, 0) is 31.2 Å². The lowest BCUT2D eigenvalue weighted by molar-refractivity contribution is 0.0729. The molecule has 0 saturated carbocycles. The Labute approximate surface area is 176 Å². The maximum absolute atomic E-state index is 13.1. The van der Waals surface area contributed by atoms with E-state index < -0.39 is 15.9 Å². The average Bonchev–Trinajstić information content (AvgIpc) is 2.79. The molecule has 1 fully saturated rings. The van der Waals surface area contributed by atoms with Crippen LogP contribution in [0.1, 0.15) is 28.9 Å². The number of hydrogen-bond donors (Lipinski definition) is 1. The van der Waals surface area contributed by atoms with Gasteiger partial charge in [0.1, 0.15) is 16.4 Å². The lowest BCUT2D eigenvalue weighted by Gasteiger charge is -2.27. The van der Waals surface area contributed by atoms with Gasteiger partial charge in [-0.25, -0.2) is 8.42 Å². The molecule has 30 heavy (non-hydrogen) atoms. The molecule has 1 aliphatic rings. The molecule has 1 atom stereocenters. The summed E-state index contributed by atoms with van der Waals surface area (Å²) in [6.45, 7) is 3.01. The molecule has 8 nitrogen and oxygen atoms in total. The van der Waals surface area contributed by atoms with Crippen LogP contribution >= 0.6 is 0 Å². The number of hydrogen-bond acceptors (Lipinski definition) is 6. The molecule has 0 aliphatic carbocycles. The third kappa shape index (κ3) is 4.58. The average molecular weight is 435 g/mol. The van der Waals surface area contributed by atoms with Crippen LogP contribution in [0.25, 0.3) is 0 Å². The molecule has 2 aromatic carbocycles. The van der Waals surface area contributed by atoms with E-state index in [1.807, 2.05) is 31.2 Å². The van der Waals surface area contributed by atoms with E-state index in [0.29, 0.717) is 19.0 Å². The summed E-state index contributed by atoms with van der Waals surface area (Å²) in [6, 6.07) is 11.5. The zero-order chi connectivity index (χ0) is 21.7. The number of carbonyl (C=O) groups excluding carboxylic acids is 1. The van der Waals surface area contributed by atoms with Crippen molar-refractivity contribution < 1.29 is 27.4 Å². The van der Waals surface area contributed by atoms with E-state index in [-0.39, 0.29) is 35.3 Å². The molecule has 0 spiro atoms. The quantitative estimate of drug-likeness (QED) is 0.718. The van der Waals surface area contributed by atoms with Gasteiger partial charge in [0.25, 0.3) is 5.91 Å². The Kier molecular flexibility index (Phi) is 6.96. The van der Waals surface area contributed by atoms with Crippen LogP contribution in [-0.2, 0) is 14.8 Å². The van der Waals surface area contributed by atoms with Crippen molar-refractivity contribution in [2.24, 2.45) is 0 Å². The molecule has 0 unspecified atom stereocenters. The molecule has 1 heterocycles. The normalized spacial score (nSPS) is 16.0. The number of sulfonamides is 1. The first-order valence-electron chi connectivity index (χ1n) is 9.58. The number of ether oxygens (including phenoxy) is 3. The Morgan fingerprint density at radius 2 is 1.73 bits per heavy atom. The summed E-state index contributed by atoms with van der Waals surface area (Å²) < 4.78 is 43.4. The highest BCUT2D eigenvalue weighted by Crippen LogP contribution is 2.29. The van der Waals surface area contributed by atoms with Crippen molar-refractivity contribution in [3.05, 3.63) is 53.6 Å². The van der Waals surface area contributed by atoms with E-state index in [2.05, 4.69) is 5.32 Å². The van der Waals surface area contributed by atoms with E-state index >= 15 is 0 Å². The van der Waals surface area contributed by atoms with Gasteiger partial charge in [0, 0.05) is 24.2 Å². The molecule has 9 heteroatoms. The Morgan fingerprint density at radius 3 is 2.40 bits per heavy atom. The van der Waals surface area contributed by atoms with Crippen LogP contribution in [0.5, 0.6) is 11.5 Å². The van der Waals surface area contributed by atoms with Crippen LogP contribution in [0.2, 0.25) is 0 Å². The maximum atomic E-state index is 13.1. The topological polar surface area (TPSA) is 94.2 Å². The van der Waals surface area contributed by atoms with Crippen molar-refractivity contribution in [2.75, 3.05) is 40.5 Å². The first-order chi connectivity index (χ1) is 14.4. The smallest absolute Gasteiger partial charge is 0.251 e. The number of benzene rings is 2. The van der Waals surface area contributed by atoms with Crippen LogP contribution < -0.4 is 14.8 Å². The summed E-state index contributed by atoms with van der Waals surface area (Å²) in [5.41, 5.74) is 1.05. The van der Waals surface area contributed by atoms with Crippen molar-refractivity contribution in [1.82, 2.24) is 9.62 Å². The number of morpholine rings is 1. The van der Waals surface area contributed by atoms with Crippen molar-refractivity contribution in [1.29, 1.82) is 0 Å². The summed E-state index contributed by atoms with van der Waals surface area (Å²) >= 11 is 0. The molecule has 3 rings (SSSR count). The standard InChI is InChI=1S/C21H26N2O6S/c1-15(17-6-4-5-7-18(17)27-2)22-21(24)16-8-9-19(28-3)20(14-16)30(25,26)23-10-12-29-13-11-23/h4-9,14-15H,10-13H2,1-3H3,(H,22,24)/t15-/m1/s1. The molecule has 2 aromatic rings. The highest BCUT2D eigenvalue weighted by molar-refractivity contribution is 7.89. The number of nitrogens with one attached hydrogen (secondary N) is 1. The summed E-state index contributed by atoms with van der Waals surface area (Å²) in [7, 11) is -0.855. The lowest BCUT2D eigenvalue weighted by Crippen LogP contribution is -2.40. The maximum Gasteiger partial charge on any atom is 0.251 e. The Balaban J connectivity index is 1.87. The van der Waals surface area contributed by atoms with Gasteiger partial charge in [-0.15, -0.1) is 0 Å². The third-order valence-corrected chi connectivity index (χ3v) is 6.89. The molecule has 1 N–H and O–H groups in total. The minimum atomic E-state index is -3.82. The second kappa shape index (κ2) is 9.46. The number of carbonyl (C=O) groups is 1. The van der Waals surface area contributed by atoms with Crippen molar-refractivity contribution in [3.8, 4) is 11.5 Å². The van der Waals surface area contributed by atoms with E-state index in [1.165, 1.54) is 23.5 Å². The van der Waals surface area contributed by atoms with E-state index in [4.69, 9.17) is 14.2 Å². The van der Waals surface area contributed by atoms with E-state index in [1.54, 1.807) is 13.2 Å². The largest absolute Gasteiger partial charge is 0.496 e. The van der Waals surface area contributed by atoms with Crippen LogP contribution in [0.3, 0.4) is 0 Å². The predicted molar refractivity (Wildman–Crippen MR) is 111 cm³/mol. The van der Waals surface area contributed by atoms with Crippen LogP contribution in [0, 0.1) is 0 Å². The van der Waals surface area contributed by atoms with Crippen molar-refractivity contribution in [2.45, 2.75) is 17.9 Å². The molecule has 162 valence electrons. The molecule has 0 aromatic heterocycles. The fourth-order valence-corrected chi connectivity index (χ4v) is 4.92. The second-order valence-electron chi connectivity index (χ2n) is 6.82. The molecular formula is C21H26N2O6S. The number of rotatable bonds is 7. The fraction of sp³-hybridized carbons (Fsp3) is 0.381. The Hall–Kier alpha value is -2.62. The second-order valence-corrected chi connectivity index (χ2v) is 8.73. The van der Waals surface area contributed by atoms with E-state index in [0.717, 1.165) is 5.56 Å². The Bertz CT molecular complexity index is 1000. The Morgan fingerprint density at radius 1 is 1.07 bits per heavy atom. The van der Waals surface area contributed by atoms with Crippen LogP contribution in [0.4, 0.5) is 0 Å². The molecular weight excluding hydrogens is 408 g/mol. The van der Waals surface area contributed by atoms with Crippen LogP contribution in [0.15, 0.2) is 47.4 Å².